The van der Waals surface area contributed by atoms with Crippen molar-refractivity contribution in [3.05, 3.63) is 68.8 Å². The first-order chi connectivity index (χ1) is 28.1. The lowest BCUT2D eigenvalue weighted by molar-refractivity contribution is -0.145. The van der Waals surface area contributed by atoms with E-state index in [0.717, 1.165) is 103 Å². The normalized spacial score (nSPS) is 25.8. The molecule has 4 saturated carbocycles. The molecule has 2 aromatic carbocycles. The summed E-state index contributed by atoms with van der Waals surface area (Å²) in [5.74, 6) is -2.18. The van der Waals surface area contributed by atoms with E-state index in [9.17, 15) is 62.3 Å². The van der Waals surface area contributed by atoms with Crippen LogP contribution in [0.1, 0.15) is 169 Å². The molecule has 0 aromatic heterocycles. The van der Waals surface area contributed by atoms with Gasteiger partial charge in [0, 0.05) is 36.1 Å². The van der Waals surface area contributed by atoms with E-state index in [-0.39, 0.29) is 60.0 Å². The number of carbonyl (C=O) groups excluding carboxylic acids is 2. The highest BCUT2D eigenvalue weighted by Gasteiger charge is 2.46. The van der Waals surface area contributed by atoms with Crippen LogP contribution in [0.5, 0.6) is 0 Å². The fraction of sp³-hybridized carbons (Fsp3) is 0.682. The molecule has 2 aliphatic heterocycles. The van der Waals surface area contributed by atoms with Crippen LogP contribution in [0.15, 0.2) is 24.3 Å². The molecule has 4 atom stereocenters. The molecule has 0 amide bonds. The summed E-state index contributed by atoms with van der Waals surface area (Å²) < 4.78 is 162. The molecule has 2 aromatic rings. The monoisotopic (exact) mass is 866 g/mol. The molecule has 6 fully saturated rings. The lowest BCUT2D eigenvalue weighted by Crippen LogP contribution is -2.36. The molecule has 0 N–H and O–H groups in total. The standard InChI is InChI=1S/2C22H25F6NO/c2*23-21(24,25)15-11-16(13-6-7-13)20(17(12-15)22(26,27)28)19(30)10-14-4-3-5-18(14)29-8-1-2-9-29/h2*11-14,18H,1-10H2/t2*14-,18-/m10/s1. The first-order valence-corrected chi connectivity index (χ1v) is 21.3. The number of hydrogen-bond acceptors (Lipinski definition) is 4. The highest BCUT2D eigenvalue weighted by atomic mass is 19.4. The number of ketones is 2. The van der Waals surface area contributed by atoms with Crippen LogP contribution in [-0.2, 0) is 24.7 Å². The summed E-state index contributed by atoms with van der Waals surface area (Å²) >= 11 is 0. The van der Waals surface area contributed by atoms with Crippen molar-refractivity contribution in [3.63, 3.8) is 0 Å². The highest BCUT2D eigenvalue weighted by molar-refractivity contribution is 6.00. The maximum absolute atomic E-state index is 13.7. The molecule has 0 spiro atoms. The Balaban J connectivity index is 0.000000181. The Morgan fingerprint density at radius 1 is 0.450 bits per heavy atom. The second kappa shape index (κ2) is 17.2. The first-order valence-electron chi connectivity index (χ1n) is 21.3. The van der Waals surface area contributed by atoms with Crippen LogP contribution in [-0.4, -0.2) is 59.6 Å². The average molecular weight is 867 g/mol. The molecule has 2 saturated heterocycles. The van der Waals surface area contributed by atoms with Gasteiger partial charge in [-0.2, -0.15) is 52.7 Å². The Kier molecular flexibility index (Phi) is 12.9. The number of Topliss-reactive ketones (excluding diaryl/α,β-unsaturated/α-hetero) is 2. The average Bonchev–Trinajstić information content (AvgIpc) is 3.88. The summed E-state index contributed by atoms with van der Waals surface area (Å²) in [6, 6.07) is 2.14. The number of nitrogens with zero attached hydrogens (tertiary/aromatic N) is 2. The number of carbonyl (C=O) groups is 2. The minimum atomic E-state index is -5.01. The van der Waals surface area contributed by atoms with Crippen molar-refractivity contribution in [2.45, 2.75) is 151 Å². The molecule has 332 valence electrons. The Morgan fingerprint density at radius 3 is 1.07 bits per heavy atom. The summed E-state index contributed by atoms with van der Waals surface area (Å²) in [5.41, 5.74) is -6.71. The lowest BCUT2D eigenvalue weighted by atomic mass is 9.86. The van der Waals surface area contributed by atoms with Gasteiger partial charge in [0.2, 0.25) is 0 Å². The van der Waals surface area contributed by atoms with Crippen molar-refractivity contribution in [3.8, 4) is 0 Å². The molecule has 0 bridgehead atoms. The van der Waals surface area contributed by atoms with Crippen LogP contribution in [0.25, 0.3) is 0 Å². The third-order valence-corrected chi connectivity index (χ3v) is 13.5. The maximum Gasteiger partial charge on any atom is 0.417 e. The Hall–Kier alpha value is -3.14. The van der Waals surface area contributed by atoms with Crippen molar-refractivity contribution in [2.75, 3.05) is 26.2 Å². The van der Waals surface area contributed by atoms with Crippen LogP contribution >= 0.6 is 0 Å². The van der Waals surface area contributed by atoms with E-state index < -0.39 is 81.5 Å². The third kappa shape index (κ3) is 10.2. The van der Waals surface area contributed by atoms with E-state index >= 15 is 0 Å². The summed E-state index contributed by atoms with van der Waals surface area (Å²) in [7, 11) is 0. The van der Waals surface area contributed by atoms with Gasteiger partial charge in [-0.05, 0) is 162 Å². The predicted molar refractivity (Wildman–Crippen MR) is 199 cm³/mol. The zero-order valence-corrected chi connectivity index (χ0v) is 33.2. The van der Waals surface area contributed by atoms with Crippen molar-refractivity contribution in [1.82, 2.24) is 9.80 Å². The SMILES string of the molecule is O=C(C[C@@H]1CCC[C@@H]1N1CCCC1)c1c(C2CC2)cc(C(F)(F)F)cc1C(F)(F)F.O=C(C[C@H]1CCC[C@H]1N1CCCC1)c1c(C2CC2)cc(C(F)(F)F)cc1C(F)(F)F. The minimum Gasteiger partial charge on any atom is -0.300 e. The first kappa shape index (κ1) is 44.9. The number of benzene rings is 2. The maximum atomic E-state index is 13.7. The quantitative estimate of drug-likeness (QED) is 0.176. The molecule has 8 rings (SSSR count). The van der Waals surface area contributed by atoms with Gasteiger partial charge in [-0.3, -0.25) is 9.59 Å². The molecular formula is C44H50F12N2O2. The van der Waals surface area contributed by atoms with Crippen LogP contribution in [0.2, 0.25) is 0 Å². The van der Waals surface area contributed by atoms with Crippen molar-refractivity contribution >= 4 is 11.6 Å². The van der Waals surface area contributed by atoms with Gasteiger partial charge in [0.25, 0.3) is 0 Å². The Morgan fingerprint density at radius 2 is 0.783 bits per heavy atom. The summed E-state index contributed by atoms with van der Waals surface area (Å²) in [4.78, 5) is 30.9. The van der Waals surface area contributed by atoms with Crippen molar-refractivity contribution < 1.29 is 62.3 Å². The van der Waals surface area contributed by atoms with Gasteiger partial charge < -0.3 is 9.80 Å². The van der Waals surface area contributed by atoms with Gasteiger partial charge in [0.15, 0.2) is 11.6 Å². The predicted octanol–water partition coefficient (Wildman–Crippen LogP) is 12.9. The van der Waals surface area contributed by atoms with E-state index in [1.54, 1.807) is 0 Å². The summed E-state index contributed by atoms with van der Waals surface area (Å²) in [6.07, 6.45) is -8.25. The number of likely N-dealkylation sites (tertiary alicyclic amines) is 2. The molecule has 16 heteroatoms. The van der Waals surface area contributed by atoms with Gasteiger partial charge in [0.05, 0.1) is 22.3 Å². The zero-order chi connectivity index (χ0) is 43.4. The summed E-state index contributed by atoms with van der Waals surface area (Å²) in [5, 5.41) is 0. The summed E-state index contributed by atoms with van der Waals surface area (Å²) in [6.45, 7) is 3.76. The van der Waals surface area contributed by atoms with Gasteiger partial charge in [-0.25, -0.2) is 0 Å². The molecule has 0 radical (unpaired) electrons. The number of halogens is 12. The van der Waals surface area contributed by atoms with Gasteiger partial charge in [-0.1, -0.05) is 12.8 Å². The molecular weight excluding hydrogens is 816 g/mol. The van der Waals surface area contributed by atoms with E-state index in [2.05, 4.69) is 9.80 Å². The molecule has 2 heterocycles. The van der Waals surface area contributed by atoms with Crippen molar-refractivity contribution in [2.24, 2.45) is 11.8 Å². The van der Waals surface area contributed by atoms with Crippen LogP contribution < -0.4 is 0 Å². The minimum absolute atomic E-state index is 0.0324. The van der Waals surface area contributed by atoms with E-state index in [1.807, 2.05) is 0 Å². The second-order valence-electron chi connectivity index (χ2n) is 17.8. The van der Waals surface area contributed by atoms with Gasteiger partial charge in [0.1, 0.15) is 0 Å². The topological polar surface area (TPSA) is 40.6 Å². The number of rotatable bonds is 10. The fourth-order valence-corrected chi connectivity index (χ4v) is 10.5. The third-order valence-electron chi connectivity index (χ3n) is 13.5. The zero-order valence-electron chi connectivity index (χ0n) is 33.2. The van der Waals surface area contributed by atoms with Crippen LogP contribution in [0.3, 0.4) is 0 Å². The van der Waals surface area contributed by atoms with Crippen molar-refractivity contribution in [1.29, 1.82) is 0 Å². The van der Waals surface area contributed by atoms with E-state index in [4.69, 9.17) is 0 Å². The van der Waals surface area contributed by atoms with E-state index in [1.165, 1.54) is 0 Å². The van der Waals surface area contributed by atoms with E-state index in [0.29, 0.717) is 25.7 Å². The largest absolute Gasteiger partial charge is 0.417 e. The highest BCUT2D eigenvalue weighted by Crippen LogP contribution is 2.50. The molecule has 60 heavy (non-hydrogen) atoms. The molecule has 4 nitrogen and oxygen atoms in total. The lowest BCUT2D eigenvalue weighted by Gasteiger charge is -2.29. The molecule has 6 aliphatic rings. The van der Waals surface area contributed by atoms with Crippen LogP contribution in [0.4, 0.5) is 52.7 Å². The number of hydrogen-bond donors (Lipinski definition) is 0. The Labute approximate surface area is 341 Å². The Bertz CT molecular complexity index is 1750. The second-order valence-corrected chi connectivity index (χ2v) is 17.8. The molecule has 0 unspecified atom stereocenters. The van der Waals surface area contributed by atoms with Gasteiger partial charge in [-0.15, -0.1) is 0 Å². The molecule has 4 aliphatic carbocycles. The van der Waals surface area contributed by atoms with Gasteiger partial charge >= 0.3 is 24.7 Å². The smallest absolute Gasteiger partial charge is 0.300 e. The van der Waals surface area contributed by atoms with Crippen LogP contribution in [0, 0.1) is 11.8 Å². The number of alkyl halides is 12. The fourth-order valence-electron chi connectivity index (χ4n) is 10.5.